The summed E-state index contributed by atoms with van der Waals surface area (Å²) in [6.07, 6.45) is 0. The van der Waals surface area contributed by atoms with Gasteiger partial charge >= 0.3 is 0 Å². The molecule has 2 aromatic carbocycles. The van der Waals surface area contributed by atoms with Gasteiger partial charge in [0, 0.05) is 28.1 Å². The maximum atomic E-state index is 7.65. The number of anilines is 3. The molecule has 6 heteroatoms. The van der Waals surface area contributed by atoms with Gasteiger partial charge in [0.15, 0.2) is 0 Å². The first-order valence-electron chi connectivity index (χ1n) is 7.76. The van der Waals surface area contributed by atoms with Gasteiger partial charge < -0.3 is 16.5 Å². The Morgan fingerprint density at radius 3 is 2.48 bits per heavy atom. The molecule has 0 bridgehead atoms. The minimum absolute atomic E-state index is 0.186. The van der Waals surface area contributed by atoms with E-state index in [2.05, 4.69) is 15.3 Å². The molecule has 3 rings (SSSR count). The minimum Gasteiger partial charge on any atom is -0.368 e. The van der Waals surface area contributed by atoms with Gasteiger partial charge in [0.2, 0.25) is 5.95 Å². The summed E-state index contributed by atoms with van der Waals surface area (Å²) in [5, 5.41) is 11.5. The number of nitrogens with two attached hydrogens (primary N) is 1. The number of hydrogen-bond acceptors (Lipinski definition) is 5. The highest BCUT2D eigenvalue weighted by Crippen LogP contribution is 2.28. The van der Waals surface area contributed by atoms with Crippen molar-refractivity contribution in [3.8, 4) is 11.3 Å². The minimum atomic E-state index is 0.186. The van der Waals surface area contributed by atoms with E-state index in [0.29, 0.717) is 22.2 Å². The number of benzene rings is 2. The summed E-state index contributed by atoms with van der Waals surface area (Å²) < 4.78 is 0. The summed E-state index contributed by atoms with van der Waals surface area (Å²) in [6, 6.07) is 15.1. The molecular weight excluding hydrogens is 334 g/mol. The topological polar surface area (TPSA) is 87.7 Å². The van der Waals surface area contributed by atoms with Crippen molar-refractivity contribution < 1.29 is 0 Å². The third-order valence-corrected chi connectivity index (χ3v) is 4.04. The van der Waals surface area contributed by atoms with Gasteiger partial charge in [-0.15, -0.1) is 0 Å². The van der Waals surface area contributed by atoms with Crippen LogP contribution in [0.15, 0.2) is 48.5 Å². The predicted molar refractivity (Wildman–Crippen MR) is 104 cm³/mol. The van der Waals surface area contributed by atoms with Crippen LogP contribution in [0, 0.1) is 12.3 Å². The van der Waals surface area contributed by atoms with E-state index in [1.165, 1.54) is 0 Å². The summed E-state index contributed by atoms with van der Waals surface area (Å²) in [5.74, 6) is 0.785. The van der Waals surface area contributed by atoms with Gasteiger partial charge in [-0.1, -0.05) is 29.8 Å². The zero-order chi connectivity index (χ0) is 18.0. The highest BCUT2D eigenvalue weighted by Gasteiger charge is 2.09. The number of nitrogens with zero attached hydrogens (tertiary/aromatic N) is 2. The summed E-state index contributed by atoms with van der Waals surface area (Å²) in [7, 11) is 0. The molecule has 0 aliphatic carbocycles. The van der Waals surface area contributed by atoms with E-state index in [9.17, 15) is 0 Å². The average molecular weight is 352 g/mol. The molecule has 1 aromatic heterocycles. The fourth-order valence-electron chi connectivity index (χ4n) is 2.49. The molecule has 4 N–H and O–H groups in total. The number of aromatic nitrogens is 2. The van der Waals surface area contributed by atoms with Crippen LogP contribution >= 0.6 is 11.6 Å². The van der Waals surface area contributed by atoms with Crippen LogP contribution in [-0.4, -0.2) is 15.7 Å². The molecule has 0 atom stereocenters. The normalized spacial score (nSPS) is 10.5. The van der Waals surface area contributed by atoms with E-state index in [1.54, 1.807) is 6.92 Å². The quantitative estimate of drug-likeness (QED) is 0.588. The summed E-state index contributed by atoms with van der Waals surface area (Å²) in [5.41, 5.74) is 10.8. The largest absolute Gasteiger partial charge is 0.368 e. The third-order valence-electron chi connectivity index (χ3n) is 3.81. The Morgan fingerprint density at radius 2 is 1.80 bits per heavy atom. The highest BCUT2D eigenvalue weighted by atomic mass is 35.5. The Morgan fingerprint density at radius 1 is 1.08 bits per heavy atom. The molecule has 1 heterocycles. The Balaban J connectivity index is 1.94. The van der Waals surface area contributed by atoms with Gasteiger partial charge in [0.1, 0.15) is 5.82 Å². The van der Waals surface area contributed by atoms with E-state index in [1.807, 2.05) is 55.5 Å². The highest BCUT2D eigenvalue weighted by molar-refractivity contribution is 6.30. The van der Waals surface area contributed by atoms with Gasteiger partial charge in [0.05, 0.1) is 5.69 Å². The van der Waals surface area contributed by atoms with Crippen molar-refractivity contribution >= 4 is 34.8 Å². The first-order chi connectivity index (χ1) is 11.9. The van der Waals surface area contributed by atoms with Crippen molar-refractivity contribution in [2.24, 2.45) is 0 Å². The Labute approximate surface area is 151 Å². The van der Waals surface area contributed by atoms with E-state index < -0.39 is 0 Å². The molecule has 0 fully saturated rings. The number of halogens is 1. The number of hydrogen-bond donors (Lipinski definition) is 3. The molecular formula is C19H18ClN5. The lowest BCUT2D eigenvalue weighted by atomic mass is 10.1. The van der Waals surface area contributed by atoms with Gasteiger partial charge in [-0.05, 0) is 49.2 Å². The van der Waals surface area contributed by atoms with Crippen molar-refractivity contribution in [1.29, 1.82) is 5.41 Å². The van der Waals surface area contributed by atoms with Gasteiger partial charge in [-0.2, -0.15) is 4.98 Å². The van der Waals surface area contributed by atoms with Crippen LogP contribution in [0.4, 0.5) is 17.5 Å². The van der Waals surface area contributed by atoms with E-state index in [0.717, 1.165) is 22.4 Å². The molecule has 5 nitrogen and oxygen atoms in total. The lowest BCUT2D eigenvalue weighted by Crippen LogP contribution is -2.02. The maximum absolute atomic E-state index is 7.65. The van der Waals surface area contributed by atoms with E-state index in [4.69, 9.17) is 22.7 Å². The number of nitrogen functional groups attached to an aromatic ring is 1. The lowest BCUT2D eigenvalue weighted by molar-refractivity contribution is 1.18. The monoisotopic (exact) mass is 351 g/mol. The van der Waals surface area contributed by atoms with Crippen LogP contribution in [0.2, 0.25) is 5.02 Å². The molecule has 25 heavy (non-hydrogen) atoms. The van der Waals surface area contributed by atoms with Crippen LogP contribution in [0.25, 0.3) is 11.3 Å². The number of rotatable bonds is 4. The summed E-state index contributed by atoms with van der Waals surface area (Å²) >= 11 is 6.11. The molecule has 0 unspecified atom stereocenters. The van der Waals surface area contributed by atoms with Crippen LogP contribution in [0.1, 0.15) is 18.1 Å². The molecule has 3 aromatic rings. The number of aryl methyl sites for hydroxylation is 1. The second kappa shape index (κ2) is 6.91. The zero-order valence-corrected chi connectivity index (χ0v) is 14.7. The fourth-order valence-corrected chi connectivity index (χ4v) is 2.66. The molecule has 126 valence electrons. The zero-order valence-electron chi connectivity index (χ0n) is 14.0. The molecule has 0 aliphatic rings. The van der Waals surface area contributed by atoms with Crippen LogP contribution in [0.3, 0.4) is 0 Å². The fraction of sp³-hybridized carbons (Fsp3) is 0.105. The van der Waals surface area contributed by atoms with Crippen molar-refractivity contribution in [1.82, 2.24) is 9.97 Å². The summed E-state index contributed by atoms with van der Waals surface area (Å²) in [4.78, 5) is 8.57. The van der Waals surface area contributed by atoms with Gasteiger partial charge in [0.25, 0.3) is 0 Å². The Kier molecular flexibility index (Phi) is 4.67. The van der Waals surface area contributed by atoms with Crippen LogP contribution in [-0.2, 0) is 0 Å². The van der Waals surface area contributed by atoms with Crippen LogP contribution < -0.4 is 11.1 Å². The second-order valence-electron chi connectivity index (χ2n) is 5.78. The summed E-state index contributed by atoms with van der Waals surface area (Å²) in [6.45, 7) is 3.75. The van der Waals surface area contributed by atoms with E-state index in [-0.39, 0.29) is 5.95 Å². The Bertz CT molecular complexity index is 935. The standard InChI is InChI=1S/C19H18ClN5/c1-11-3-6-14(20)9-16(11)17-10-18(25-19(22)24-17)23-15-7-4-13(5-8-15)12(2)21/h3-10,21H,1-2H3,(H3,22,23,24,25). The molecule has 0 saturated carbocycles. The van der Waals surface area contributed by atoms with Crippen LogP contribution in [0.5, 0.6) is 0 Å². The third kappa shape index (κ3) is 3.95. The smallest absolute Gasteiger partial charge is 0.222 e. The van der Waals surface area contributed by atoms with Gasteiger partial charge in [-0.25, -0.2) is 4.98 Å². The molecule has 0 aliphatic heterocycles. The molecule has 0 spiro atoms. The maximum Gasteiger partial charge on any atom is 0.222 e. The lowest BCUT2D eigenvalue weighted by Gasteiger charge is -2.11. The van der Waals surface area contributed by atoms with E-state index >= 15 is 0 Å². The Hall–Kier alpha value is -2.92. The molecule has 0 radical (unpaired) electrons. The van der Waals surface area contributed by atoms with Crippen molar-refractivity contribution in [2.75, 3.05) is 11.1 Å². The van der Waals surface area contributed by atoms with Crippen molar-refractivity contribution in [3.63, 3.8) is 0 Å². The number of nitrogens with one attached hydrogen (secondary N) is 2. The second-order valence-corrected chi connectivity index (χ2v) is 6.22. The first-order valence-corrected chi connectivity index (χ1v) is 8.14. The SMILES string of the molecule is CC(=N)c1ccc(Nc2cc(-c3cc(Cl)ccc3C)nc(N)n2)cc1. The molecule has 0 saturated heterocycles. The van der Waals surface area contributed by atoms with Gasteiger partial charge in [-0.3, -0.25) is 0 Å². The average Bonchev–Trinajstić information content (AvgIpc) is 2.57. The predicted octanol–water partition coefficient (Wildman–Crippen LogP) is 4.82. The first kappa shape index (κ1) is 16.9. The van der Waals surface area contributed by atoms with Crippen molar-refractivity contribution in [2.45, 2.75) is 13.8 Å². The molecule has 0 amide bonds. The van der Waals surface area contributed by atoms with Crippen molar-refractivity contribution in [3.05, 3.63) is 64.7 Å².